The van der Waals surface area contributed by atoms with Gasteiger partial charge in [0.2, 0.25) is 0 Å². The Balaban J connectivity index is 2.09. The molecule has 0 amide bonds. The van der Waals surface area contributed by atoms with Gasteiger partial charge < -0.3 is 10.6 Å². The SMILES string of the molecule is Brc1cc2c(s1)CCNC21CCNC1. The molecule has 2 N–H and O–H groups in total. The van der Waals surface area contributed by atoms with Gasteiger partial charge in [-0.2, -0.15) is 0 Å². The van der Waals surface area contributed by atoms with E-state index in [1.165, 1.54) is 22.2 Å². The first-order chi connectivity index (χ1) is 6.80. The third-order valence-electron chi connectivity index (χ3n) is 3.27. The van der Waals surface area contributed by atoms with Crippen molar-refractivity contribution in [1.29, 1.82) is 0 Å². The van der Waals surface area contributed by atoms with E-state index in [1.54, 1.807) is 4.88 Å². The summed E-state index contributed by atoms with van der Waals surface area (Å²) < 4.78 is 1.28. The predicted molar refractivity (Wildman–Crippen MR) is 62.9 cm³/mol. The Morgan fingerprint density at radius 3 is 3.14 bits per heavy atom. The second-order valence-electron chi connectivity index (χ2n) is 4.07. The van der Waals surface area contributed by atoms with E-state index in [0.29, 0.717) is 0 Å². The highest BCUT2D eigenvalue weighted by Crippen LogP contribution is 2.39. The number of hydrogen-bond acceptors (Lipinski definition) is 3. The second kappa shape index (κ2) is 3.30. The number of hydrogen-bond donors (Lipinski definition) is 2. The van der Waals surface area contributed by atoms with Crippen molar-refractivity contribution in [1.82, 2.24) is 10.6 Å². The quantitative estimate of drug-likeness (QED) is 0.753. The number of nitrogens with one attached hydrogen (secondary N) is 2. The molecule has 0 bridgehead atoms. The molecule has 1 fully saturated rings. The maximum atomic E-state index is 3.69. The number of thiophene rings is 1. The molecule has 2 nitrogen and oxygen atoms in total. The van der Waals surface area contributed by atoms with Crippen LogP contribution in [0.2, 0.25) is 0 Å². The Kier molecular flexibility index (Phi) is 2.20. The van der Waals surface area contributed by atoms with Gasteiger partial charge in [0.05, 0.1) is 9.33 Å². The monoisotopic (exact) mass is 272 g/mol. The molecule has 4 heteroatoms. The molecule has 1 atom stereocenters. The molecule has 1 unspecified atom stereocenters. The van der Waals surface area contributed by atoms with E-state index in [-0.39, 0.29) is 5.54 Å². The Hall–Kier alpha value is 0.1000. The van der Waals surface area contributed by atoms with E-state index in [2.05, 4.69) is 32.6 Å². The van der Waals surface area contributed by atoms with Crippen molar-refractivity contribution in [3.63, 3.8) is 0 Å². The van der Waals surface area contributed by atoms with Crippen molar-refractivity contribution in [3.8, 4) is 0 Å². The first-order valence-electron chi connectivity index (χ1n) is 5.05. The average molecular weight is 273 g/mol. The Labute approximate surface area is 96.2 Å². The van der Waals surface area contributed by atoms with Gasteiger partial charge in [-0.1, -0.05) is 0 Å². The molecule has 3 rings (SSSR count). The molecule has 0 saturated carbocycles. The molecule has 1 aromatic rings. The van der Waals surface area contributed by atoms with Gasteiger partial charge in [0.25, 0.3) is 0 Å². The van der Waals surface area contributed by atoms with Crippen LogP contribution < -0.4 is 10.6 Å². The smallest absolute Gasteiger partial charge is 0.0704 e. The van der Waals surface area contributed by atoms with Crippen LogP contribution in [0.15, 0.2) is 9.85 Å². The summed E-state index contributed by atoms with van der Waals surface area (Å²) in [6.07, 6.45) is 2.41. The highest BCUT2D eigenvalue weighted by molar-refractivity contribution is 9.11. The largest absolute Gasteiger partial charge is 0.314 e. The van der Waals surface area contributed by atoms with Gasteiger partial charge >= 0.3 is 0 Å². The van der Waals surface area contributed by atoms with E-state index >= 15 is 0 Å². The van der Waals surface area contributed by atoms with Crippen molar-refractivity contribution in [2.75, 3.05) is 19.6 Å². The van der Waals surface area contributed by atoms with Crippen LogP contribution >= 0.6 is 27.3 Å². The highest BCUT2D eigenvalue weighted by Gasteiger charge is 2.39. The molecular formula is C10H13BrN2S. The van der Waals surface area contributed by atoms with Crippen LogP contribution in [-0.2, 0) is 12.0 Å². The Morgan fingerprint density at radius 2 is 2.36 bits per heavy atom. The Bertz CT molecular complexity index is 355. The summed E-state index contributed by atoms with van der Waals surface area (Å²) in [7, 11) is 0. The van der Waals surface area contributed by atoms with Crippen molar-refractivity contribution in [2.24, 2.45) is 0 Å². The minimum Gasteiger partial charge on any atom is -0.314 e. The number of rotatable bonds is 0. The van der Waals surface area contributed by atoms with E-state index in [0.717, 1.165) is 19.6 Å². The van der Waals surface area contributed by atoms with Gasteiger partial charge in [-0.05, 0) is 46.9 Å². The summed E-state index contributed by atoms with van der Waals surface area (Å²) in [5.41, 5.74) is 1.78. The molecule has 0 aliphatic carbocycles. The van der Waals surface area contributed by atoms with Crippen LogP contribution in [0.5, 0.6) is 0 Å². The van der Waals surface area contributed by atoms with E-state index in [4.69, 9.17) is 0 Å². The van der Waals surface area contributed by atoms with Crippen molar-refractivity contribution in [2.45, 2.75) is 18.4 Å². The molecule has 76 valence electrons. The van der Waals surface area contributed by atoms with Crippen LogP contribution in [-0.4, -0.2) is 19.6 Å². The summed E-state index contributed by atoms with van der Waals surface area (Å²) in [5.74, 6) is 0. The summed E-state index contributed by atoms with van der Waals surface area (Å²) in [5, 5.41) is 7.15. The molecule has 1 spiro atoms. The fraction of sp³-hybridized carbons (Fsp3) is 0.600. The topological polar surface area (TPSA) is 24.1 Å². The molecule has 1 aromatic heterocycles. The molecule has 2 aliphatic rings. The predicted octanol–water partition coefficient (Wildman–Crippen LogP) is 1.84. The zero-order valence-corrected chi connectivity index (χ0v) is 10.3. The molecule has 0 aromatic carbocycles. The molecular weight excluding hydrogens is 260 g/mol. The summed E-state index contributed by atoms with van der Waals surface area (Å²) in [6, 6.07) is 2.30. The minimum atomic E-state index is 0.246. The lowest BCUT2D eigenvalue weighted by molar-refractivity contribution is 0.349. The van der Waals surface area contributed by atoms with Crippen LogP contribution in [0, 0.1) is 0 Å². The van der Waals surface area contributed by atoms with Gasteiger partial charge in [0.15, 0.2) is 0 Å². The zero-order valence-electron chi connectivity index (χ0n) is 7.90. The fourth-order valence-electron chi connectivity index (χ4n) is 2.57. The minimum absolute atomic E-state index is 0.246. The van der Waals surface area contributed by atoms with Crippen LogP contribution in [0.1, 0.15) is 16.9 Å². The lowest BCUT2D eigenvalue weighted by atomic mass is 9.86. The molecule has 0 radical (unpaired) electrons. The molecule has 14 heavy (non-hydrogen) atoms. The first-order valence-corrected chi connectivity index (χ1v) is 6.66. The lowest BCUT2D eigenvalue weighted by Crippen LogP contribution is -2.48. The summed E-state index contributed by atoms with van der Waals surface area (Å²) in [4.78, 5) is 1.57. The van der Waals surface area contributed by atoms with Crippen LogP contribution in [0.25, 0.3) is 0 Å². The molecule has 2 aliphatic heterocycles. The maximum Gasteiger partial charge on any atom is 0.0704 e. The molecule has 1 saturated heterocycles. The van der Waals surface area contributed by atoms with E-state index in [1.807, 2.05) is 11.3 Å². The van der Waals surface area contributed by atoms with Crippen LogP contribution in [0.3, 0.4) is 0 Å². The highest BCUT2D eigenvalue weighted by atomic mass is 79.9. The third-order valence-corrected chi connectivity index (χ3v) is 4.96. The average Bonchev–Trinajstić information content (AvgIpc) is 2.74. The van der Waals surface area contributed by atoms with Gasteiger partial charge in [-0.15, -0.1) is 11.3 Å². The van der Waals surface area contributed by atoms with Gasteiger partial charge in [0.1, 0.15) is 0 Å². The van der Waals surface area contributed by atoms with Gasteiger partial charge in [-0.25, -0.2) is 0 Å². The maximum absolute atomic E-state index is 3.69. The van der Waals surface area contributed by atoms with Crippen LogP contribution in [0.4, 0.5) is 0 Å². The lowest BCUT2D eigenvalue weighted by Gasteiger charge is -2.34. The van der Waals surface area contributed by atoms with E-state index < -0.39 is 0 Å². The number of fused-ring (bicyclic) bond motifs is 2. The normalized spacial score (nSPS) is 30.9. The Morgan fingerprint density at radius 1 is 1.43 bits per heavy atom. The van der Waals surface area contributed by atoms with Gasteiger partial charge in [-0.3, -0.25) is 0 Å². The van der Waals surface area contributed by atoms with Crippen molar-refractivity contribution < 1.29 is 0 Å². The van der Waals surface area contributed by atoms with Crippen molar-refractivity contribution >= 4 is 27.3 Å². The number of halogens is 1. The van der Waals surface area contributed by atoms with Gasteiger partial charge in [0, 0.05) is 18.0 Å². The fourth-order valence-corrected chi connectivity index (χ4v) is 4.37. The summed E-state index contributed by atoms with van der Waals surface area (Å²) >= 11 is 5.49. The first kappa shape index (κ1) is 9.33. The second-order valence-corrected chi connectivity index (χ2v) is 6.59. The zero-order chi connectivity index (χ0) is 9.60. The van der Waals surface area contributed by atoms with Crippen molar-refractivity contribution in [3.05, 3.63) is 20.3 Å². The molecule has 3 heterocycles. The summed E-state index contributed by atoms with van der Waals surface area (Å²) in [6.45, 7) is 3.35. The third kappa shape index (κ3) is 1.28. The van der Waals surface area contributed by atoms with E-state index in [9.17, 15) is 0 Å². The standard InChI is InChI=1S/C10H13BrN2S/c11-9-5-7-8(14-9)1-3-13-10(7)2-4-12-6-10/h5,12-13H,1-4,6H2.